The molecule has 0 bridgehead atoms. The highest BCUT2D eigenvalue weighted by atomic mass is 16.2. The van der Waals surface area contributed by atoms with Gasteiger partial charge in [-0.05, 0) is 31.5 Å². The van der Waals surface area contributed by atoms with Crippen LogP contribution in [0.2, 0.25) is 0 Å². The van der Waals surface area contributed by atoms with Gasteiger partial charge in [0.1, 0.15) is 0 Å². The van der Waals surface area contributed by atoms with Gasteiger partial charge >= 0.3 is 6.03 Å². The summed E-state index contributed by atoms with van der Waals surface area (Å²) in [5.41, 5.74) is 6.46. The van der Waals surface area contributed by atoms with E-state index in [2.05, 4.69) is 10.3 Å². The van der Waals surface area contributed by atoms with Crippen LogP contribution < -0.4 is 11.1 Å². The van der Waals surface area contributed by atoms with Crippen LogP contribution in [0.5, 0.6) is 0 Å². The lowest BCUT2D eigenvalue weighted by Gasteiger charge is -2.33. The Bertz CT molecular complexity index is 404. The van der Waals surface area contributed by atoms with E-state index in [9.17, 15) is 4.79 Å². The maximum atomic E-state index is 11.9. The van der Waals surface area contributed by atoms with Crippen LogP contribution in [0, 0.1) is 0 Å². The van der Waals surface area contributed by atoms with Crippen molar-refractivity contribution in [1.29, 1.82) is 0 Å². The van der Waals surface area contributed by atoms with Crippen LogP contribution in [0.1, 0.15) is 25.5 Å². The maximum Gasteiger partial charge on any atom is 0.318 e. The summed E-state index contributed by atoms with van der Waals surface area (Å²) in [5, 5.41) is 2.96. The fraction of sp³-hybridized carbons (Fsp3) is 0.500. The van der Waals surface area contributed by atoms with Crippen LogP contribution in [0.3, 0.4) is 0 Å². The summed E-state index contributed by atoms with van der Waals surface area (Å²) in [7, 11) is 0. The molecule has 1 aromatic heterocycles. The van der Waals surface area contributed by atoms with Gasteiger partial charge in [-0.15, -0.1) is 0 Å². The molecule has 5 heteroatoms. The summed E-state index contributed by atoms with van der Waals surface area (Å²) in [5.74, 6) is 0. The molecule has 1 aliphatic heterocycles. The highest BCUT2D eigenvalue weighted by Gasteiger charge is 2.38. The molecule has 1 aliphatic rings. The van der Waals surface area contributed by atoms with Gasteiger partial charge in [-0.1, -0.05) is 0 Å². The maximum absolute atomic E-state index is 11.9. The first-order valence-electron chi connectivity index (χ1n) is 5.73. The predicted octanol–water partition coefficient (Wildman–Crippen LogP) is 0.885. The van der Waals surface area contributed by atoms with Gasteiger partial charge in [-0.2, -0.15) is 0 Å². The van der Waals surface area contributed by atoms with Crippen LogP contribution in [0.25, 0.3) is 0 Å². The summed E-state index contributed by atoms with van der Waals surface area (Å²) in [6, 6.07) is 3.81. The Balaban J connectivity index is 2.16. The third kappa shape index (κ3) is 2.24. The van der Waals surface area contributed by atoms with Crippen LogP contribution in [0.15, 0.2) is 24.5 Å². The monoisotopic (exact) mass is 234 g/mol. The van der Waals surface area contributed by atoms with Gasteiger partial charge in [0.05, 0.1) is 11.6 Å². The quantitative estimate of drug-likeness (QED) is 0.815. The number of carbonyl (C=O) groups is 1. The first kappa shape index (κ1) is 11.9. The zero-order valence-electron chi connectivity index (χ0n) is 10.2. The molecule has 1 saturated heterocycles. The number of rotatable bonds is 3. The first-order valence-corrected chi connectivity index (χ1v) is 5.73. The molecular formula is C12H18N4O. The highest BCUT2D eigenvalue weighted by molar-refractivity contribution is 5.78. The summed E-state index contributed by atoms with van der Waals surface area (Å²) in [4.78, 5) is 17.7. The Morgan fingerprint density at radius 3 is 2.76 bits per heavy atom. The number of carbonyl (C=O) groups excluding carboxylic acids is 1. The number of hydrogen-bond donors (Lipinski definition) is 2. The van der Waals surface area contributed by atoms with Crippen molar-refractivity contribution in [2.24, 2.45) is 5.73 Å². The first-order chi connectivity index (χ1) is 8.04. The van der Waals surface area contributed by atoms with E-state index in [0.717, 1.165) is 5.56 Å². The van der Waals surface area contributed by atoms with E-state index in [1.54, 1.807) is 17.3 Å². The van der Waals surface area contributed by atoms with Crippen molar-refractivity contribution in [3.8, 4) is 0 Å². The molecule has 0 aliphatic carbocycles. The molecule has 0 radical (unpaired) electrons. The second-order valence-corrected chi connectivity index (χ2v) is 4.91. The predicted molar refractivity (Wildman–Crippen MR) is 65.3 cm³/mol. The van der Waals surface area contributed by atoms with Gasteiger partial charge in [0, 0.05) is 25.5 Å². The zero-order chi connectivity index (χ0) is 12.5. The highest BCUT2D eigenvalue weighted by Crippen LogP contribution is 2.25. The number of aromatic nitrogens is 1. The summed E-state index contributed by atoms with van der Waals surface area (Å²) >= 11 is 0. The summed E-state index contributed by atoms with van der Waals surface area (Å²) < 4.78 is 0. The van der Waals surface area contributed by atoms with Crippen molar-refractivity contribution in [3.63, 3.8) is 0 Å². The Morgan fingerprint density at radius 1 is 1.53 bits per heavy atom. The SMILES string of the molecule is CC(C)(CN)N1CC(c2ccncc2)NC1=O. The molecule has 0 saturated carbocycles. The molecule has 2 amide bonds. The van der Waals surface area contributed by atoms with Crippen LogP contribution >= 0.6 is 0 Å². The second kappa shape index (κ2) is 4.33. The number of pyridine rings is 1. The Hall–Kier alpha value is -1.62. The van der Waals surface area contributed by atoms with Crippen molar-refractivity contribution in [2.75, 3.05) is 13.1 Å². The lowest BCUT2D eigenvalue weighted by atomic mass is 10.0. The third-order valence-corrected chi connectivity index (χ3v) is 3.25. The molecular weight excluding hydrogens is 216 g/mol. The third-order valence-electron chi connectivity index (χ3n) is 3.25. The summed E-state index contributed by atoms with van der Waals surface area (Å²) in [6.45, 7) is 5.04. The van der Waals surface area contributed by atoms with E-state index < -0.39 is 0 Å². The van der Waals surface area contributed by atoms with E-state index >= 15 is 0 Å². The fourth-order valence-electron chi connectivity index (χ4n) is 1.95. The van der Waals surface area contributed by atoms with E-state index in [-0.39, 0.29) is 17.6 Å². The number of nitrogens with two attached hydrogens (primary N) is 1. The standard InChI is InChI=1S/C12H18N4O/c1-12(2,8-13)16-7-10(15-11(16)17)9-3-5-14-6-4-9/h3-6,10H,7-8,13H2,1-2H3,(H,15,17). The minimum atomic E-state index is -0.314. The number of amides is 2. The van der Waals surface area contributed by atoms with Gasteiger partial charge in [0.15, 0.2) is 0 Å². The molecule has 5 nitrogen and oxygen atoms in total. The van der Waals surface area contributed by atoms with E-state index in [0.29, 0.717) is 13.1 Å². The molecule has 2 heterocycles. The molecule has 92 valence electrons. The molecule has 0 aromatic carbocycles. The van der Waals surface area contributed by atoms with Crippen molar-refractivity contribution >= 4 is 6.03 Å². The van der Waals surface area contributed by atoms with E-state index in [4.69, 9.17) is 5.73 Å². The van der Waals surface area contributed by atoms with Crippen LogP contribution in [0.4, 0.5) is 4.79 Å². The van der Waals surface area contributed by atoms with Crippen molar-refractivity contribution in [3.05, 3.63) is 30.1 Å². The van der Waals surface area contributed by atoms with Crippen molar-refractivity contribution in [2.45, 2.75) is 25.4 Å². The second-order valence-electron chi connectivity index (χ2n) is 4.91. The smallest absolute Gasteiger partial charge is 0.318 e. The molecule has 17 heavy (non-hydrogen) atoms. The Labute approximate surface area is 101 Å². The van der Waals surface area contributed by atoms with Crippen LogP contribution in [-0.2, 0) is 0 Å². The summed E-state index contributed by atoms with van der Waals surface area (Å²) in [6.07, 6.45) is 3.47. The number of urea groups is 1. The lowest BCUT2D eigenvalue weighted by molar-refractivity contribution is 0.163. The fourth-order valence-corrected chi connectivity index (χ4v) is 1.95. The van der Waals surface area contributed by atoms with Gasteiger partial charge in [-0.25, -0.2) is 4.79 Å². The largest absolute Gasteiger partial charge is 0.329 e. The zero-order valence-corrected chi connectivity index (χ0v) is 10.2. The number of nitrogens with one attached hydrogen (secondary N) is 1. The topological polar surface area (TPSA) is 71.2 Å². The van der Waals surface area contributed by atoms with E-state index in [1.165, 1.54) is 0 Å². The molecule has 2 rings (SSSR count). The molecule has 1 aromatic rings. The molecule has 0 spiro atoms. The Kier molecular flexibility index (Phi) is 3.02. The van der Waals surface area contributed by atoms with Gasteiger partial charge in [0.25, 0.3) is 0 Å². The molecule has 1 atom stereocenters. The minimum absolute atomic E-state index is 0.0244. The average Bonchev–Trinajstić information content (AvgIpc) is 2.73. The lowest BCUT2D eigenvalue weighted by Crippen LogP contribution is -2.50. The minimum Gasteiger partial charge on any atom is -0.329 e. The van der Waals surface area contributed by atoms with Crippen molar-refractivity contribution < 1.29 is 4.79 Å². The van der Waals surface area contributed by atoms with Crippen LogP contribution in [-0.4, -0.2) is 34.5 Å². The Morgan fingerprint density at radius 2 is 2.18 bits per heavy atom. The van der Waals surface area contributed by atoms with Crippen molar-refractivity contribution in [1.82, 2.24) is 15.2 Å². The number of hydrogen-bond acceptors (Lipinski definition) is 3. The number of nitrogens with zero attached hydrogens (tertiary/aromatic N) is 2. The van der Waals surface area contributed by atoms with Gasteiger partial charge < -0.3 is 16.0 Å². The molecule has 1 unspecified atom stereocenters. The average molecular weight is 234 g/mol. The van der Waals surface area contributed by atoms with E-state index in [1.807, 2.05) is 26.0 Å². The van der Waals surface area contributed by atoms with Gasteiger partial charge in [-0.3, -0.25) is 4.98 Å². The van der Waals surface area contributed by atoms with Gasteiger partial charge in [0.2, 0.25) is 0 Å². The molecule has 3 N–H and O–H groups in total. The normalized spacial score (nSPS) is 20.5. The molecule has 1 fully saturated rings.